The van der Waals surface area contributed by atoms with Crippen LogP contribution in [0.5, 0.6) is 5.75 Å². The molecule has 0 spiro atoms. The van der Waals surface area contributed by atoms with Crippen LogP contribution in [-0.2, 0) is 25.3 Å². The Kier molecular flexibility index (Phi) is 7.43. The Balaban J connectivity index is 1.68. The second-order valence-corrected chi connectivity index (χ2v) is 7.89. The highest BCUT2D eigenvalue weighted by Crippen LogP contribution is 2.28. The van der Waals surface area contributed by atoms with E-state index in [-0.39, 0.29) is 0 Å². The van der Waals surface area contributed by atoms with E-state index in [1.807, 2.05) is 34.9 Å². The summed E-state index contributed by atoms with van der Waals surface area (Å²) in [5.74, 6) is 2.24. The van der Waals surface area contributed by atoms with Gasteiger partial charge in [-0.2, -0.15) is 0 Å². The normalized spacial score (nSPS) is 10.8. The van der Waals surface area contributed by atoms with Crippen LogP contribution >= 0.6 is 35.0 Å². The van der Waals surface area contributed by atoms with E-state index in [9.17, 15) is 0 Å². The molecule has 0 saturated carbocycles. The minimum Gasteiger partial charge on any atom is -0.486 e. The number of aryl methyl sites for hydroxylation is 1. The molecule has 0 bridgehead atoms. The number of rotatable bonds is 9. The third-order valence-electron chi connectivity index (χ3n) is 4.18. The van der Waals surface area contributed by atoms with E-state index in [1.165, 1.54) is 5.56 Å². The van der Waals surface area contributed by atoms with Crippen molar-refractivity contribution >= 4 is 35.0 Å². The molecule has 28 heavy (non-hydrogen) atoms. The number of nitrogens with zero attached hydrogens (tertiary/aromatic N) is 3. The number of benzene rings is 2. The van der Waals surface area contributed by atoms with Gasteiger partial charge in [0.15, 0.2) is 11.0 Å². The van der Waals surface area contributed by atoms with Gasteiger partial charge in [-0.1, -0.05) is 66.2 Å². The van der Waals surface area contributed by atoms with Gasteiger partial charge in [-0.3, -0.25) is 4.57 Å². The molecule has 4 nitrogen and oxygen atoms in total. The monoisotopic (exact) mass is 433 g/mol. The van der Waals surface area contributed by atoms with Gasteiger partial charge in [0.25, 0.3) is 0 Å². The van der Waals surface area contributed by atoms with E-state index in [0.717, 1.165) is 28.7 Å². The first-order valence-electron chi connectivity index (χ1n) is 8.92. The molecule has 0 amide bonds. The maximum atomic E-state index is 6.26. The lowest BCUT2D eigenvalue weighted by molar-refractivity contribution is 0.289. The Morgan fingerprint density at radius 1 is 1.14 bits per heavy atom. The van der Waals surface area contributed by atoms with E-state index in [0.29, 0.717) is 28.9 Å². The third-order valence-corrected chi connectivity index (χ3v) is 5.78. The molecule has 2 aromatic carbocycles. The van der Waals surface area contributed by atoms with Crippen molar-refractivity contribution in [2.45, 2.75) is 37.4 Å². The summed E-state index contributed by atoms with van der Waals surface area (Å²) in [6, 6.07) is 13.6. The van der Waals surface area contributed by atoms with E-state index < -0.39 is 0 Å². The molecule has 0 radical (unpaired) electrons. The predicted octanol–water partition coefficient (Wildman–Crippen LogP) is 6.20. The van der Waals surface area contributed by atoms with E-state index in [1.54, 1.807) is 17.8 Å². The second kappa shape index (κ2) is 10.0. The van der Waals surface area contributed by atoms with Crippen molar-refractivity contribution < 1.29 is 4.74 Å². The van der Waals surface area contributed by atoms with Gasteiger partial charge in [-0.05, 0) is 41.8 Å². The van der Waals surface area contributed by atoms with Crippen LogP contribution in [0.3, 0.4) is 0 Å². The van der Waals surface area contributed by atoms with Gasteiger partial charge in [0.1, 0.15) is 12.4 Å². The molecule has 0 aliphatic heterocycles. The maximum absolute atomic E-state index is 6.26. The molecular weight excluding hydrogens is 413 g/mol. The molecule has 146 valence electrons. The maximum Gasteiger partial charge on any atom is 0.191 e. The van der Waals surface area contributed by atoms with Gasteiger partial charge < -0.3 is 4.74 Å². The predicted molar refractivity (Wildman–Crippen MR) is 116 cm³/mol. The molecule has 0 unspecified atom stereocenters. The Hall–Kier alpha value is -1.95. The average molecular weight is 434 g/mol. The number of hydrogen-bond acceptors (Lipinski definition) is 4. The molecule has 1 heterocycles. The Morgan fingerprint density at radius 3 is 2.61 bits per heavy atom. The summed E-state index contributed by atoms with van der Waals surface area (Å²) >= 11 is 13.8. The van der Waals surface area contributed by atoms with Crippen LogP contribution < -0.4 is 4.74 Å². The van der Waals surface area contributed by atoms with Crippen molar-refractivity contribution in [2.24, 2.45) is 0 Å². The Labute approximate surface area is 179 Å². The highest BCUT2D eigenvalue weighted by molar-refractivity contribution is 7.98. The van der Waals surface area contributed by atoms with Crippen molar-refractivity contribution in [3.8, 4) is 5.75 Å². The molecule has 0 aliphatic carbocycles. The fourth-order valence-electron chi connectivity index (χ4n) is 2.60. The molecule has 3 rings (SSSR count). The topological polar surface area (TPSA) is 39.9 Å². The SMILES string of the molecule is C=CCn1c(COc2ccc(CC)cc2)nnc1SCc1ccc(Cl)cc1Cl. The highest BCUT2D eigenvalue weighted by Gasteiger charge is 2.13. The zero-order chi connectivity index (χ0) is 19.9. The number of ether oxygens (including phenoxy) is 1. The summed E-state index contributed by atoms with van der Waals surface area (Å²) < 4.78 is 7.89. The zero-order valence-electron chi connectivity index (χ0n) is 15.6. The lowest BCUT2D eigenvalue weighted by atomic mass is 10.2. The lowest BCUT2D eigenvalue weighted by Gasteiger charge is -2.10. The molecule has 0 fully saturated rings. The summed E-state index contributed by atoms with van der Waals surface area (Å²) in [5.41, 5.74) is 2.28. The Bertz CT molecular complexity index is 941. The minimum atomic E-state index is 0.342. The molecular formula is C21H21Cl2N3OS. The molecule has 7 heteroatoms. The number of halogens is 2. The number of hydrogen-bond donors (Lipinski definition) is 0. The van der Waals surface area contributed by atoms with Gasteiger partial charge in [0, 0.05) is 22.3 Å². The van der Waals surface area contributed by atoms with Crippen molar-refractivity contribution in [3.05, 3.63) is 82.1 Å². The standard InChI is InChI=1S/C21H21Cl2N3OS/c1-3-11-26-20(13-27-18-9-5-15(4-2)6-10-18)24-25-21(26)28-14-16-7-8-17(22)12-19(16)23/h3,5-10,12H,1,4,11,13-14H2,2H3. The van der Waals surface area contributed by atoms with Crippen molar-refractivity contribution in [3.63, 3.8) is 0 Å². The number of allylic oxidation sites excluding steroid dienone is 1. The first-order chi connectivity index (χ1) is 13.6. The van der Waals surface area contributed by atoms with Gasteiger partial charge in [-0.15, -0.1) is 16.8 Å². The van der Waals surface area contributed by atoms with Crippen LogP contribution in [0.4, 0.5) is 0 Å². The van der Waals surface area contributed by atoms with Gasteiger partial charge in [0.05, 0.1) is 0 Å². The fourth-order valence-corrected chi connectivity index (χ4v) is 4.12. The summed E-state index contributed by atoms with van der Waals surface area (Å²) in [6.07, 6.45) is 2.83. The fraction of sp³-hybridized carbons (Fsp3) is 0.238. The summed E-state index contributed by atoms with van der Waals surface area (Å²) in [5, 5.41) is 10.7. The van der Waals surface area contributed by atoms with E-state index in [2.05, 4.69) is 35.8 Å². The van der Waals surface area contributed by atoms with E-state index >= 15 is 0 Å². The van der Waals surface area contributed by atoms with Crippen LogP contribution in [0.2, 0.25) is 10.0 Å². The van der Waals surface area contributed by atoms with Gasteiger partial charge in [-0.25, -0.2) is 0 Å². The molecule has 0 saturated heterocycles. The van der Waals surface area contributed by atoms with Crippen molar-refractivity contribution in [1.29, 1.82) is 0 Å². The molecule has 0 aliphatic rings. The summed E-state index contributed by atoms with van der Waals surface area (Å²) in [6.45, 7) is 6.91. The Morgan fingerprint density at radius 2 is 1.93 bits per heavy atom. The smallest absolute Gasteiger partial charge is 0.191 e. The van der Waals surface area contributed by atoms with Crippen LogP contribution in [-0.4, -0.2) is 14.8 Å². The largest absolute Gasteiger partial charge is 0.486 e. The van der Waals surface area contributed by atoms with Crippen LogP contribution in [0.1, 0.15) is 23.9 Å². The summed E-state index contributed by atoms with van der Waals surface area (Å²) in [4.78, 5) is 0. The molecule has 0 N–H and O–H groups in total. The first kappa shape index (κ1) is 20.8. The zero-order valence-corrected chi connectivity index (χ0v) is 17.9. The van der Waals surface area contributed by atoms with Crippen molar-refractivity contribution in [2.75, 3.05) is 0 Å². The molecule has 1 aromatic heterocycles. The van der Waals surface area contributed by atoms with Crippen LogP contribution in [0.25, 0.3) is 0 Å². The van der Waals surface area contributed by atoms with Crippen LogP contribution in [0.15, 0.2) is 60.3 Å². The van der Waals surface area contributed by atoms with Crippen molar-refractivity contribution in [1.82, 2.24) is 14.8 Å². The third kappa shape index (κ3) is 5.31. The average Bonchev–Trinajstić information content (AvgIpc) is 3.08. The van der Waals surface area contributed by atoms with Gasteiger partial charge in [0.2, 0.25) is 0 Å². The molecule has 3 aromatic rings. The minimum absolute atomic E-state index is 0.342. The first-order valence-corrected chi connectivity index (χ1v) is 10.7. The van der Waals surface area contributed by atoms with Gasteiger partial charge >= 0.3 is 0 Å². The quantitative estimate of drug-likeness (QED) is 0.297. The summed E-state index contributed by atoms with van der Waals surface area (Å²) in [7, 11) is 0. The lowest BCUT2D eigenvalue weighted by Crippen LogP contribution is -2.07. The highest BCUT2D eigenvalue weighted by atomic mass is 35.5. The molecule has 0 atom stereocenters. The number of aromatic nitrogens is 3. The second-order valence-electron chi connectivity index (χ2n) is 6.11. The number of thioether (sulfide) groups is 1. The van der Waals surface area contributed by atoms with Crippen LogP contribution in [0, 0.1) is 0 Å². The van der Waals surface area contributed by atoms with E-state index in [4.69, 9.17) is 27.9 Å².